The first kappa shape index (κ1) is 19.8. The number of benzene rings is 1. The van der Waals surface area contributed by atoms with Crippen LogP contribution in [0.15, 0.2) is 46.7 Å². The van der Waals surface area contributed by atoms with Crippen LogP contribution in [0.1, 0.15) is 43.9 Å². The molecule has 2 N–H and O–H groups in total. The fourth-order valence-electron chi connectivity index (χ4n) is 2.93. The van der Waals surface area contributed by atoms with Crippen LogP contribution >= 0.6 is 0 Å². The van der Waals surface area contributed by atoms with Crippen LogP contribution in [0, 0.1) is 0 Å². The third kappa shape index (κ3) is 4.17. The van der Waals surface area contributed by atoms with Gasteiger partial charge in [0.25, 0.3) is 0 Å². The highest BCUT2D eigenvalue weighted by Gasteiger charge is 2.23. The number of rotatable bonds is 10. The molecule has 1 unspecified atom stereocenters. The Bertz CT molecular complexity index is 838. The Hall–Kier alpha value is -2.53. The molecule has 0 radical (unpaired) electrons. The first-order valence-corrected chi connectivity index (χ1v) is 8.93. The van der Waals surface area contributed by atoms with Gasteiger partial charge in [0.2, 0.25) is 0 Å². The number of ether oxygens (including phenoxy) is 2. The van der Waals surface area contributed by atoms with E-state index in [0.29, 0.717) is 42.3 Å². The van der Waals surface area contributed by atoms with E-state index in [1.54, 1.807) is 12.2 Å². The largest absolute Gasteiger partial charge is 0.489 e. The molecule has 0 saturated heterocycles. The summed E-state index contributed by atoms with van der Waals surface area (Å²) in [5.74, 6) is 1.14. The normalized spacial score (nSPS) is 12.0. The summed E-state index contributed by atoms with van der Waals surface area (Å²) >= 11 is 0. The molecule has 1 aromatic heterocycles. The fourth-order valence-corrected chi connectivity index (χ4v) is 2.93. The molecule has 1 atom stereocenters. The molecule has 1 heterocycles. The zero-order valence-electron chi connectivity index (χ0n) is 15.5. The van der Waals surface area contributed by atoms with Gasteiger partial charge in [0, 0.05) is 18.2 Å². The molecule has 2 aromatic rings. The van der Waals surface area contributed by atoms with Crippen molar-refractivity contribution in [3.05, 3.63) is 59.0 Å². The lowest BCUT2D eigenvalue weighted by Crippen LogP contribution is -2.14. The maximum atomic E-state index is 12.2. The van der Waals surface area contributed by atoms with Gasteiger partial charge in [0.05, 0.1) is 10.9 Å². The van der Waals surface area contributed by atoms with Gasteiger partial charge in [-0.1, -0.05) is 45.6 Å². The minimum absolute atomic E-state index is 0.314. The van der Waals surface area contributed by atoms with Crippen LogP contribution in [0.3, 0.4) is 0 Å². The SMILES string of the molecule is C=CCOc1cc(OCC=C)c2c(CCC)cc(=O)oc2c1C(N)CC. The minimum Gasteiger partial charge on any atom is -0.489 e. The van der Waals surface area contributed by atoms with Crippen molar-refractivity contribution in [1.29, 1.82) is 0 Å². The Labute approximate surface area is 154 Å². The summed E-state index contributed by atoms with van der Waals surface area (Å²) in [6, 6.07) is 3.02. The van der Waals surface area contributed by atoms with Gasteiger partial charge in [-0.15, -0.1) is 0 Å². The van der Waals surface area contributed by atoms with E-state index in [9.17, 15) is 4.79 Å². The Morgan fingerprint density at radius 3 is 2.38 bits per heavy atom. The van der Waals surface area contributed by atoms with Crippen molar-refractivity contribution in [2.45, 2.75) is 39.2 Å². The predicted octanol–water partition coefficient (Wildman–Crippen LogP) is 4.28. The van der Waals surface area contributed by atoms with Crippen LogP contribution in [0.5, 0.6) is 11.5 Å². The first-order valence-electron chi connectivity index (χ1n) is 8.93. The Balaban J connectivity index is 2.87. The number of hydrogen-bond acceptors (Lipinski definition) is 5. The summed E-state index contributed by atoms with van der Waals surface area (Å²) in [6.45, 7) is 12.1. The zero-order chi connectivity index (χ0) is 19.1. The lowest BCUT2D eigenvalue weighted by atomic mass is 9.96. The topological polar surface area (TPSA) is 74.7 Å². The lowest BCUT2D eigenvalue weighted by Gasteiger charge is -2.20. The van der Waals surface area contributed by atoms with Gasteiger partial charge < -0.3 is 19.6 Å². The Morgan fingerprint density at radius 1 is 1.15 bits per heavy atom. The van der Waals surface area contributed by atoms with E-state index in [-0.39, 0.29) is 6.04 Å². The smallest absolute Gasteiger partial charge is 0.336 e. The highest BCUT2D eigenvalue weighted by Crippen LogP contribution is 2.41. The molecule has 0 fully saturated rings. The number of hydrogen-bond donors (Lipinski definition) is 1. The highest BCUT2D eigenvalue weighted by atomic mass is 16.5. The van der Waals surface area contributed by atoms with E-state index in [0.717, 1.165) is 23.8 Å². The molecule has 0 aliphatic rings. The molecule has 5 heteroatoms. The van der Waals surface area contributed by atoms with Gasteiger partial charge >= 0.3 is 5.63 Å². The van der Waals surface area contributed by atoms with E-state index in [1.165, 1.54) is 6.07 Å². The maximum absolute atomic E-state index is 12.2. The third-order valence-corrected chi connectivity index (χ3v) is 4.10. The zero-order valence-corrected chi connectivity index (χ0v) is 15.5. The molecule has 0 aliphatic carbocycles. The van der Waals surface area contributed by atoms with Gasteiger partial charge in [0.1, 0.15) is 24.7 Å². The monoisotopic (exact) mass is 357 g/mol. The second kappa shape index (κ2) is 9.25. The number of fused-ring (bicyclic) bond motifs is 1. The second-order valence-electron chi connectivity index (χ2n) is 6.05. The summed E-state index contributed by atoms with van der Waals surface area (Å²) in [7, 11) is 0. The maximum Gasteiger partial charge on any atom is 0.336 e. The minimum atomic E-state index is -0.402. The van der Waals surface area contributed by atoms with Gasteiger partial charge in [-0.25, -0.2) is 4.79 Å². The summed E-state index contributed by atoms with van der Waals surface area (Å²) in [5.41, 5.74) is 7.94. The Kier molecular flexibility index (Phi) is 7.04. The average molecular weight is 357 g/mol. The molecule has 140 valence electrons. The molecular weight excluding hydrogens is 330 g/mol. The van der Waals surface area contributed by atoms with E-state index < -0.39 is 5.63 Å². The molecule has 26 heavy (non-hydrogen) atoms. The summed E-state index contributed by atoms with van der Waals surface area (Å²) in [4.78, 5) is 12.2. The lowest BCUT2D eigenvalue weighted by molar-refractivity contribution is 0.341. The predicted molar refractivity (Wildman–Crippen MR) is 105 cm³/mol. The number of nitrogens with two attached hydrogens (primary N) is 1. The van der Waals surface area contributed by atoms with Crippen molar-refractivity contribution in [1.82, 2.24) is 0 Å². The van der Waals surface area contributed by atoms with Gasteiger partial charge in [0.15, 0.2) is 5.58 Å². The van der Waals surface area contributed by atoms with Crippen LogP contribution in [0.25, 0.3) is 11.0 Å². The summed E-state index contributed by atoms with van der Waals surface area (Å²) in [5, 5.41) is 0.776. The first-order chi connectivity index (χ1) is 12.6. The van der Waals surface area contributed by atoms with E-state index in [1.807, 2.05) is 13.0 Å². The Morgan fingerprint density at radius 2 is 1.81 bits per heavy atom. The quantitative estimate of drug-likeness (QED) is 0.507. The molecule has 0 spiro atoms. The van der Waals surface area contributed by atoms with Crippen molar-refractivity contribution in [2.75, 3.05) is 13.2 Å². The molecule has 1 aromatic carbocycles. The van der Waals surface area contributed by atoms with Crippen LogP contribution in [-0.2, 0) is 6.42 Å². The van der Waals surface area contributed by atoms with Crippen molar-refractivity contribution < 1.29 is 13.9 Å². The van der Waals surface area contributed by atoms with Crippen LogP contribution in [-0.4, -0.2) is 13.2 Å². The van der Waals surface area contributed by atoms with E-state index >= 15 is 0 Å². The molecule has 0 amide bonds. The van der Waals surface area contributed by atoms with Crippen LogP contribution < -0.4 is 20.8 Å². The van der Waals surface area contributed by atoms with Gasteiger partial charge in [-0.3, -0.25) is 0 Å². The average Bonchev–Trinajstić information content (AvgIpc) is 2.63. The van der Waals surface area contributed by atoms with Crippen molar-refractivity contribution in [3.63, 3.8) is 0 Å². The van der Waals surface area contributed by atoms with Crippen molar-refractivity contribution in [3.8, 4) is 11.5 Å². The van der Waals surface area contributed by atoms with Crippen LogP contribution in [0.4, 0.5) is 0 Å². The third-order valence-electron chi connectivity index (χ3n) is 4.10. The molecule has 2 rings (SSSR count). The summed E-state index contributed by atoms with van der Waals surface area (Å²) < 4.78 is 17.3. The molecule has 0 bridgehead atoms. The van der Waals surface area contributed by atoms with Gasteiger partial charge in [-0.05, 0) is 18.4 Å². The molecule has 0 aliphatic heterocycles. The fraction of sp³-hybridized carbons (Fsp3) is 0.381. The van der Waals surface area contributed by atoms with Crippen molar-refractivity contribution in [2.24, 2.45) is 5.73 Å². The van der Waals surface area contributed by atoms with E-state index in [2.05, 4.69) is 20.1 Å². The van der Waals surface area contributed by atoms with Crippen molar-refractivity contribution >= 4 is 11.0 Å². The molecule has 0 saturated carbocycles. The van der Waals surface area contributed by atoms with Crippen LogP contribution in [0.2, 0.25) is 0 Å². The highest BCUT2D eigenvalue weighted by molar-refractivity contribution is 5.91. The van der Waals surface area contributed by atoms with E-state index in [4.69, 9.17) is 19.6 Å². The standard InChI is InChI=1S/C21H27NO4/c1-5-9-14-12-18(23)26-21-19(14)16(24-10-6-2)13-17(25-11-7-3)20(21)15(22)8-4/h6-7,12-13,15H,2-3,5,8-11,22H2,1,4H3. The summed E-state index contributed by atoms with van der Waals surface area (Å²) in [6.07, 6.45) is 5.62. The molecular formula is C21H27NO4. The second-order valence-corrected chi connectivity index (χ2v) is 6.05. The molecule has 5 nitrogen and oxygen atoms in total. The van der Waals surface area contributed by atoms with Gasteiger partial charge in [-0.2, -0.15) is 0 Å². The number of aryl methyl sites for hydroxylation is 1.